The summed E-state index contributed by atoms with van der Waals surface area (Å²) in [6, 6.07) is 8.17. The number of rotatable bonds is 3. The zero-order chi connectivity index (χ0) is 16.2. The molecule has 1 aromatic heterocycles. The summed E-state index contributed by atoms with van der Waals surface area (Å²) < 4.78 is 18.4. The summed E-state index contributed by atoms with van der Waals surface area (Å²) in [7, 11) is 0. The van der Waals surface area contributed by atoms with E-state index in [0.717, 1.165) is 11.4 Å². The van der Waals surface area contributed by atoms with Gasteiger partial charge in [0.15, 0.2) is 0 Å². The highest BCUT2D eigenvalue weighted by Gasteiger charge is 2.21. The van der Waals surface area contributed by atoms with E-state index >= 15 is 0 Å². The number of amides is 2. The Morgan fingerprint density at radius 3 is 2.70 bits per heavy atom. The topological polar surface area (TPSA) is 48.7 Å². The number of hydrogen-bond acceptors (Lipinski definition) is 3. The van der Waals surface area contributed by atoms with Crippen LogP contribution in [-0.4, -0.2) is 37.1 Å². The highest BCUT2D eigenvalue weighted by atomic mass is 35.5. The van der Waals surface area contributed by atoms with E-state index in [1.54, 1.807) is 29.4 Å². The van der Waals surface area contributed by atoms with Gasteiger partial charge in [-0.1, -0.05) is 11.6 Å². The molecule has 1 saturated heterocycles. The van der Waals surface area contributed by atoms with Crippen LogP contribution in [0.1, 0.15) is 5.76 Å². The Balaban J connectivity index is 1.51. The summed E-state index contributed by atoms with van der Waals surface area (Å²) in [6.45, 7) is 2.92. The van der Waals surface area contributed by atoms with Crippen molar-refractivity contribution in [2.45, 2.75) is 6.54 Å². The molecule has 0 unspecified atom stereocenters. The lowest BCUT2D eigenvalue weighted by Crippen LogP contribution is -2.51. The minimum Gasteiger partial charge on any atom is -0.467 e. The number of nitrogens with one attached hydrogen (secondary N) is 1. The van der Waals surface area contributed by atoms with E-state index in [1.165, 1.54) is 6.07 Å². The summed E-state index contributed by atoms with van der Waals surface area (Å²) in [5.74, 6) is 0.296. The average molecular weight is 338 g/mol. The van der Waals surface area contributed by atoms with Gasteiger partial charge in [-0.25, -0.2) is 9.18 Å². The molecule has 0 radical (unpaired) electrons. The first-order chi connectivity index (χ1) is 11.1. The zero-order valence-corrected chi connectivity index (χ0v) is 13.2. The normalized spacial score (nSPS) is 14.9. The molecule has 0 saturated carbocycles. The number of piperazine rings is 1. The molecule has 1 aromatic carbocycles. The number of halogens is 2. The molecule has 3 rings (SSSR count). The van der Waals surface area contributed by atoms with Gasteiger partial charge in [-0.05, 0) is 30.3 Å². The lowest BCUT2D eigenvalue weighted by Gasteiger charge is -2.36. The maximum atomic E-state index is 13.2. The van der Waals surface area contributed by atoms with Crippen LogP contribution in [0.25, 0.3) is 0 Å². The highest BCUT2D eigenvalue weighted by molar-refractivity contribution is 6.31. The summed E-state index contributed by atoms with van der Waals surface area (Å²) >= 11 is 5.82. The van der Waals surface area contributed by atoms with E-state index in [-0.39, 0.29) is 11.1 Å². The maximum absolute atomic E-state index is 13.2. The number of carbonyl (C=O) groups excluding carboxylic acids is 1. The molecular formula is C16H17ClFN3O2. The van der Waals surface area contributed by atoms with Crippen molar-refractivity contribution < 1.29 is 13.6 Å². The molecule has 122 valence electrons. The number of carbonyl (C=O) groups is 1. The summed E-state index contributed by atoms with van der Waals surface area (Å²) in [5.41, 5.74) is 0.868. The van der Waals surface area contributed by atoms with Crippen molar-refractivity contribution in [1.29, 1.82) is 0 Å². The number of nitrogens with zero attached hydrogens (tertiary/aromatic N) is 2. The van der Waals surface area contributed by atoms with Crippen molar-refractivity contribution in [2.75, 3.05) is 31.1 Å². The van der Waals surface area contributed by atoms with Crippen LogP contribution in [0.3, 0.4) is 0 Å². The standard InChI is InChI=1S/C16H17ClFN3O2/c17-14-10-12(3-4-15(14)18)20-5-7-21(8-6-20)16(22)19-11-13-2-1-9-23-13/h1-4,9-10H,5-8,11H2,(H,19,22). The van der Waals surface area contributed by atoms with Gasteiger partial charge in [0.1, 0.15) is 11.6 Å². The first-order valence-electron chi connectivity index (χ1n) is 7.38. The van der Waals surface area contributed by atoms with Gasteiger partial charge in [0.05, 0.1) is 17.8 Å². The fourth-order valence-electron chi connectivity index (χ4n) is 2.54. The molecule has 1 fully saturated rings. The molecule has 23 heavy (non-hydrogen) atoms. The van der Waals surface area contributed by atoms with Crippen LogP contribution in [0.15, 0.2) is 41.0 Å². The molecule has 5 nitrogen and oxygen atoms in total. The van der Waals surface area contributed by atoms with Crippen LogP contribution < -0.4 is 10.2 Å². The number of furan rings is 1. The van der Waals surface area contributed by atoms with Crippen LogP contribution in [0.4, 0.5) is 14.9 Å². The second-order valence-corrected chi connectivity index (χ2v) is 5.72. The molecule has 1 aliphatic heterocycles. The third-order valence-electron chi connectivity index (χ3n) is 3.83. The molecule has 2 heterocycles. The largest absolute Gasteiger partial charge is 0.467 e. The minimum atomic E-state index is -0.425. The Bertz CT molecular complexity index is 670. The summed E-state index contributed by atoms with van der Waals surface area (Å²) in [6.07, 6.45) is 1.58. The highest BCUT2D eigenvalue weighted by Crippen LogP contribution is 2.23. The van der Waals surface area contributed by atoms with Crippen molar-refractivity contribution >= 4 is 23.3 Å². The van der Waals surface area contributed by atoms with Crippen LogP contribution >= 0.6 is 11.6 Å². The molecule has 0 atom stereocenters. The lowest BCUT2D eigenvalue weighted by atomic mass is 10.2. The molecule has 0 aliphatic carbocycles. The van der Waals surface area contributed by atoms with Gasteiger partial charge in [-0.3, -0.25) is 0 Å². The van der Waals surface area contributed by atoms with Crippen molar-refractivity contribution in [3.8, 4) is 0 Å². The van der Waals surface area contributed by atoms with Gasteiger partial charge < -0.3 is 19.5 Å². The van der Waals surface area contributed by atoms with Gasteiger partial charge in [0.2, 0.25) is 0 Å². The quantitative estimate of drug-likeness (QED) is 0.936. The number of benzene rings is 1. The summed E-state index contributed by atoms with van der Waals surface area (Å²) in [4.78, 5) is 16.0. The smallest absolute Gasteiger partial charge is 0.317 e. The third-order valence-corrected chi connectivity index (χ3v) is 4.12. The summed E-state index contributed by atoms with van der Waals surface area (Å²) in [5, 5.41) is 2.94. The fourth-order valence-corrected chi connectivity index (χ4v) is 2.71. The van der Waals surface area contributed by atoms with Crippen molar-refractivity contribution in [2.24, 2.45) is 0 Å². The number of urea groups is 1. The van der Waals surface area contributed by atoms with E-state index < -0.39 is 5.82 Å². The van der Waals surface area contributed by atoms with Crippen LogP contribution in [-0.2, 0) is 6.54 Å². The maximum Gasteiger partial charge on any atom is 0.317 e. The monoisotopic (exact) mass is 337 g/mol. The van der Waals surface area contributed by atoms with Crippen LogP contribution in [0, 0.1) is 5.82 Å². The van der Waals surface area contributed by atoms with Gasteiger partial charge in [0, 0.05) is 31.9 Å². The van der Waals surface area contributed by atoms with E-state index in [9.17, 15) is 9.18 Å². The van der Waals surface area contributed by atoms with E-state index in [0.29, 0.717) is 32.7 Å². The van der Waals surface area contributed by atoms with Crippen LogP contribution in [0.5, 0.6) is 0 Å². The Morgan fingerprint density at radius 1 is 1.26 bits per heavy atom. The molecule has 2 amide bonds. The van der Waals surface area contributed by atoms with E-state index in [4.69, 9.17) is 16.0 Å². The van der Waals surface area contributed by atoms with Gasteiger partial charge >= 0.3 is 6.03 Å². The molecule has 2 aromatic rings. The predicted octanol–water partition coefficient (Wildman–Crippen LogP) is 3.10. The third kappa shape index (κ3) is 3.76. The average Bonchev–Trinajstić information content (AvgIpc) is 3.09. The van der Waals surface area contributed by atoms with Gasteiger partial charge in [-0.2, -0.15) is 0 Å². The first-order valence-corrected chi connectivity index (χ1v) is 7.76. The molecule has 7 heteroatoms. The SMILES string of the molecule is O=C(NCc1ccco1)N1CCN(c2ccc(F)c(Cl)c2)CC1. The lowest BCUT2D eigenvalue weighted by molar-refractivity contribution is 0.193. The Labute approximate surface area is 138 Å². The van der Waals surface area contributed by atoms with E-state index in [2.05, 4.69) is 10.2 Å². The van der Waals surface area contributed by atoms with Crippen molar-refractivity contribution in [1.82, 2.24) is 10.2 Å². The number of anilines is 1. The molecule has 0 bridgehead atoms. The van der Waals surface area contributed by atoms with Crippen molar-refractivity contribution in [3.63, 3.8) is 0 Å². The Morgan fingerprint density at radius 2 is 2.04 bits per heavy atom. The minimum absolute atomic E-state index is 0.112. The van der Waals surface area contributed by atoms with E-state index in [1.807, 2.05) is 6.07 Å². The van der Waals surface area contributed by atoms with Gasteiger partial charge in [0.25, 0.3) is 0 Å². The Kier molecular flexibility index (Phi) is 4.71. The molecule has 0 spiro atoms. The number of hydrogen-bond donors (Lipinski definition) is 1. The fraction of sp³-hybridized carbons (Fsp3) is 0.312. The second kappa shape index (κ2) is 6.91. The van der Waals surface area contributed by atoms with Gasteiger partial charge in [-0.15, -0.1) is 0 Å². The first kappa shape index (κ1) is 15.7. The predicted molar refractivity (Wildman–Crippen MR) is 86.1 cm³/mol. The molecule has 1 N–H and O–H groups in total. The van der Waals surface area contributed by atoms with Crippen LogP contribution in [0.2, 0.25) is 5.02 Å². The molecular weight excluding hydrogens is 321 g/mol. The Hall–Kier alpha value is -2.21. The second-order valence-electron chi connectivity index (χ2n) is 5.31. The molecule has 1 aliphatic rings. The zero-order valence-electron chi connectivity index (χ0n) is 12.5. The van der Waals surface area contributed by atoms with Crippen molar-refractivity contribution in [3.05, 3.63) is 53.2 Å².